The number of pyridine rings is 1. The van der Waals surface area contributed by atoms with Crippen LogP contribution in [0.3, 0.4) is 0 Å². The molecule has 0 aromatic carbocycles. The molecule has 6 nitrogen and oxygen atoms in total. The van der Waals surface area contributed by atoms with E-state index in [-0.39, 0.29) is 11.8 Å². The van der Waals surface area contributed by atoms with E-state index in [4.69, 9.17) is 4.52 Å². The summed E-state index contributed by atoms with van der Waals surface area (Å²) >= 11 is 0. The topological polar surface area (TPSA) is 72.1 Å². The molecule has 0 unspecified atom stereocenters. The van der Waals surface area contributed by atoms with Crippen molar-refractivity contribution in [2.45, 2.75) is 32.6 Å². The molecule has 0 bridgehead atoms. The molecular weight excluding hydrogens is 268 g/mol. The third kappa shape index (κ3) is 2.66. The van der Waals surface area contributed by atoms with Crippen LogP contribution in [0.2, 0.25) is 0 Å². The summed E-state index contributed by atoms with van der Waals surface area (Å²) in [6.45, 7) is 5.18. The first kappa shape index (κ1) is 13.7. The first-order valence-corrected chi connectivity index (χ1v) is 7.21. The van der Waals surface area contributed by atoms with Crippen molar-refractivity contribution < 1.29 is 9.32 Å². The highest BCUT2D eigenvalue weighted by Gasteiger charge is 2.31. The van der Waals surface area contributed by atoms with Gasteiger partial charge >= 0.3 is 0 Å². The first-order valence-electron chi connectivity index (χ1n) is 7.21. The number of likely N-dealkylation sites (tertiary alicyclic amines) is 1. The summed E-state index contributed by atoms with van der Waals surface area (Å²) in [4.78, 5) is 22.9. The fourth-order valence-corrected chi connectivity index (χ4v) is 2.71. The van der Waals surface area contributed by atoms with Crippen molar-refractivity contribution in [1.29, 1.82) is 0 Å². The van der Waals surface area contributed by atoms with E-state index in [0.717, 1.165) is 30.5 Å². The highest BCUT2D eigenvalue weighted by molar-refractivity contribution is 5.95. The molecular formula is C15H18N4O2. The van der Waals surface area contributed by atoms with E-state index in [1.807, 2.05) is 11.8 Å². The third-order valence-electron chi connectivity index (χ3n) is 3.88. The molecule has 3 heterocycles. The zero-order valence-electron chi connectivity index (χ0n) is 12.2. The number of hydrogen-bond donors (Lipinski definition) is 0. The SMILES string of the molecule is CCc1cnccc1C(=O)N1CC[C@H](c2nc(C)no2)C1. The van der Waals surface area contributed by atoms with Gasteiger partial charge in [-0.25, -0.2) is 0 Å². The van der Waals surface area contributed by atoms with Gasteiger partial charge in [-0.3, -0.25) is 9.78 Å². The Morgan fingerprint density at radius 1 is 1.52 bits per heavy atom. The van der Waals surface area contributed by atoms with Crippen LogP contribution >= 0.6 is 0 Å². The molecule has 0 saturated carbocycles. The molecule has 110 valence electrons. The minimum atomic E-state index is 0.0630. The Balaban J connectivity index is 1.75. The summed E-state index contributed by atoms with van der Waals surface area (Å²) in [6, 6.07) is 1.80. The lowest BCUT2D eigenvalue weighted by Crippen LogP contribution is -2.29. The molecule has 6 heteroatoms. The first-order chi connectivity index (χ1) is 10.2. The summed E-state index contributed by atoms with van der Waals surface area (Å²) in [5.74, 6) is 1.47. The van der Waals surface area contributed by atoms with E-state index in [2.05, 4.69) is 15.1 Å². The standard InChI is InChI=1S/C15H18N4O2/c1-3-11-8-16-6-4-13(11)15(20)19-7-5-12(9-19)14-17-10(2)18-21-14/h4,6,8,12H,3,5,7,9H2,1-2H3/t12-/m0/s1. The van der Waals surface area contributed by atoms with E-state index in [1.165, 1.54) is 0 Å². The van der Waals surface area contributed by atoms with Crippen LogP contribution in [0.25, 0.3) is 0 Å². The maximum absolute atomic E-state index is 12.6. The molecule has 1 fully saturated rings. The third-order valence-corrected chi connectivity index (χ3v) is 3.88. The van der Waals surface area contributed by atoms with E-state index in [0.29, 0.717) is 18.3 Å². The van der Waals surface area contributed by atoms with Crippen molar-refractivity contribution in [3.63, 3.8) is 0 Å². The Kier molecular flexibility index (Phi) is 3.68. The predicted molar refractivity (Wildman–Crippen MR) is 75.9 cm³/mol. The second-order valence-corrected chi connectivity index (χ2v) is 5.30. The second kappa shape index (κ2) is 5.63. The van der Waals surface area contributed by atoms with Crippen molar-refractivity contribution in [1.82, 2.24) is 20.0 Å². The lowest BCUT2D eigenvalue weighted by Gasteiger charge is -2.17. The lowest BCUT2D eigenvalue weighted by atomic mass is 10.1. The van der Waals surface area contributed by atoms with Gasteiger partial charge in [0.1, 0.15) is 0 Å². The fraction of sp³-hybridized carbons (Fsp3) is 0.467. The summed E-state index contributed by atoms with van der Waals surface area (Å²) < 4.78 is 5.22. The summed E-state index contributed by atoms with van der Waals surface area (Å²) in [6.07, 6.45) is 5.10. The lowest BCUT2D eigenvalue weighted by molar-refractivity contribution is 0.0788. The van der Waals surface area contributed by atoms with Crippen molar-refractivity contribution in [2.75, 3.05) is 13.1 Å². The van der Waals surface area contributed by atoms with Crippen LogP contribution in [-0.4, -0.2) is 39.0 Å². The number of carbonyl (C=O) groups is 1. The Hall–Kier alpha value is -2.24. The minimum absolute atomic E-state index is 0.0630. The molecule has 1 saturated heterocycles. The number of hydrogen-bond acceptors (Lipinski definition) is 5. The molecule has 2 aromatic rings. The average Bonchev–Trinajstić information content (AvgIpc) is 3.15. The Bertz CT molecular complexity index is 653. The maximum Gasteiger partial charge on any atom is 0.254 e. The summed E-state index contributed by atoms with van der Waals surface area (Å²) in [5.41, 5.74) is 1.73. The summed E-state index contributed by atoms with van der Waals surface area (Å²) in [7, 11) is 0. The van der Waals surface area contributed by atoms with Crippen LogP contribution in [0.15, 0.2) is 23.0 Å². The quantitative estimate of drug-likeness (QED) is 0.862. The Labute approximate surface area is 123 Å². The van der Waals surface area contributed by atoms with Gasteiger partial charge in [-0.05, 0) is 31.4 Å². The van der Waals surface area contributed by atoms with Gasteiger partial charge in [-0.1, -0.05) is 12.1 Å². The number of amides is 1. The average molecular weight is 286 g/mol. The molecule has 3 rings (SSSR count). The number of rotatable bonds is 3. The second-order valence-electron chi connectivity index (χ2n) is 5.30. The zero-order valence-corrected chi connectivity index (χ0v) is 12.2. The summed E-state index contributed by atoms with van der Waals surface area (Å²) in [5, 5.41) is 3.82. The van der Waals surface area contributed by atoms with E-state index in [9.17, 15) is 4.79 Å². The molecule has 2 aromatic heterocycles. The number of aromatic nitrogens is 3. The molecule has 0 spiro atoms. The van der Waals surface area contributed by atoms with Gasteiger partial charge in [0, 0.05) is 31.0 Å². The number of nitrogens with zero attached hydrogens (tertiary/aromatic N) is 4. The fourth-order valence-electron chi connectivity index (χ4n) is 2.71. The molecule has 0 radical (unpaired) electrons. The van der Waals surface area contributed by atoms with Gasteiger partial charge in [0.05, 0.1) is 5.92 Å². The van der Waals surface area contributed by atoms with Crippen molar-refractivity contribution in [2.24, 2.45) is 0 Å². The number of carbonyl (C=O) groups excluding carboxylic acids is 1. The van der Waals surface area contributed by atoms with Gasteiger partial charge in [0.25, 0.3) is 5.91 Å². The minimum Gasteiger partial charge on any atom is -0.339 e. The van der Waals surface area contributed by atoms with Gasteiger partial charge in [-0.15, -0.1) is 0 Å². The number of aryl methyl sites for hydroxylation is 2. The normalized spacial score (nSPS) is 18.2. The predicted octanol–water partition coefficient (Wildman–Crippen LogP) is 1.97. The van der Waals surface area contributed by atoms with Crippen molar-refractivity contribution >= 4 is 5.91 Å². The van der Waals surface area contributed by atoms with Crippen LogP contribution in [0.4, 0.5) is 0 Å². The largest absolute Gasteiger partial charge is 0.339 e. The molecule has 1 aliphatic rings. The van der Waals surface area contributed by atoms with Gasteiger partial charge < -0.3 is 9.42 Å². The van der Waals surface area contributed by atoms with Crippen LogP contribution in [-0.2, 0) is 6.42 Å². The van der Waals surface area contributed by atoms with Crippen LogP contribution in [0.1, 0.15) is 46.9 Å². The van der Waals surface area contributed by atoms with Gasteiger partial charge in [-0.2, -0.15) is 4.98 Å². The van der Waals surface area contributed by atoms with E-state index < -0.39 is 0 Å². The van der Waals surface area contributed by atoms with E-state index in [1.54, 1.807) is 25.4 Å². The van der Waals surface area contributed by atoms with Crippen LogP contribution < -0.4 is 0 Å². The monoisotopic (exact) mass is 286 g/mol. The maximum atomic E-state index is 12.6. The van der Waals surface area contributed by atoms with Gasteiger partial charge in [0.15, 0.2) is 5.82 Å². The van der Waals surface area contributed by atoms with E-state index >= 15 is 0 Å². The molecule has 1 atom stereocenters. The Morgan fingerprint density at radius 2 is 2.38 bits per heavy atom. The highest BCUT2D eigenvalue weighted by atomic mass is 16.5. The zero-order chi connectivity index (χ0) is 14.8. The van der Waals surface area contributed by atoms with Crippen molar-refractivity contribution in [3.8, 4) is 0 Å². The van der Waals surface area contributed by atoms with Gasteiger partial charge in [0.2, 0.25) is 5.89 Å². The molecule has 0 aliphatic carbocycles. The molecule has 1 aliphatic heterocycles. The van der Waals surface area contributed by atoms with Crippen molar-refractivity contribution in [3.05, 3.63) is 41.3 Å². The molecule has 0 N–H and O–H groups in total. The molecule has 21 heavy (non-hydrogen) atoms. The highest BCUT2D eigenvalue weighted by Crippen LogP contribution is 2.27. The smallest absolute Gasteiger partial charge is 0.254 e. The Morgan fingerprint density at radius 3 is 3.10 bits per heavy atom. The molecule has 1 amide bonds. The van der Waals surface area contributed by atoms with Crippen LogP contribution in [0.5, 0.6) is 0 Å². The van der Waals surface area contributed by atoms with Crippen LogP contribution in [0, 0.1) is 6.92 Å².